The summed E-state index contributed by atoms with van der Waals surface area (Å²) in [6.45, 7) is 0.604. The SMILES string of the molecule is NCC1(c2cncnc2)CCC(O)CC1. The molecule has 0 aliphatic heterocycles. The highest BCUT2D eigenvalue weighted by Crippen LogP contribution is 2.37. The first-order valence-corrected chi connectivity index (χ1v) is 5.40. The van der Waals surface area contributed by atoms with Gasteiger partial charge in [-0.15, -0.1) is 0 Å². The number of aromatic nitrogens is 2. The molecule has 82 valence electrons. The van der Waals surface area contributed by atoms with E-state index < -0.39 is 0 Å². The minimum Gasteiger partial charge on any atom is -0.393 e. The summed E-state index contributed by atoms with van der Waals surface area (Å²) in [6.07, 6.45) is 8.57. The quantitative estimate of drug-likeness (QED) is 0.745. The fourth-order valence-corrected chi connectivity index (χ4v) is 2.34. The van der Waals surface area contributed by atoms with Crippen molar-refractivity contribution in [2.75, 3.05) is 6.54 Å². The Hall–Kier alpha value is -1.00. The zero-order chi connectivity index (χ0) is 10.7. The first kappa shape index (κ1) is 10.5. The Morgan fingerprint density at radius 1 is 1.33 bits per heavy atom. The maximum atomic E-state index is 9.51. The number of nitrogens with zero attached hydrogens (tertiary/aromatic N) is 2. The minimum atomic E-state index is -0.158. The van der Waals surface area contributed by atoms with E-state index in [0.717, 1.165) is 31.2 Å². The van der Waals surface area contributed by atoms with Crippen LogP contribution in [0, 0.1) is 0 Å². The van der Waals surface area contributed by atoms with Gasteiger partial charge in [-0.1, -0.05) is 0 Å². The van der Waals surface area contributed by atoms with Crippen LogP contribution in [-0.2, 0) is 5.41 Å². The Morgan fingerprint density at radius 3 is 2.47 bits per heavy atom. The molecule has 3 N–H and O–H groups in total. The molecule has 1 saturated carbocycles. The van der Waals surface area contributed by atoms with Gasteiger partial charge in [0.05, 0.1) is 6.10 Å². The lowest BCUT2D eigenvalue weighted by atomic mass is 9.69. The summed E-state index contributed by atoms with van der Waals surface area (Å²) in [5.74, 6) is 0. The predicted octanol–water partition coefficient (Wildman–Crippen LogP) is 0.608. The molecular formula is C11H17N3O. The molecule has 0 aromatic carbocycles. The van der Waals surface area contributed by atoms with Crippen LogP contribution in [0.15, 0.2) is 18.7 Å². The molecule has 0 amide bonds. The highest BCUT2D eigenvalue weighted by atomic mass is 16.3. The van der Waals surface area contributed by atoms with Crippen molar-refractivity contribution < 1.29 is 5.11 Å². The second kappa shape index (κ2) is 4.24. The Morgan fingerprint density at radius 2 is 1.93 bits per heavy atom. The van der Waals surface area contributed by atoms with E-state index in [1.807, 2.05) is 12.4 Å². The number of hydrogen-bond donors (Lipinski definition) is 2. The molecule has 1 aliphatic carbocycles. The molecule has 0 unspecified atom stereocenters. The molecule has 2 rings (SSSR count). The number of aliphatic hydroxyl groups is 1. The summed E-state index contributed by atoms with van der Waals surface area (Å²) in [7, 11) is 0. The van der Waals surface area contributed by atoms with Gasteiger partial charge in [0.1, 0.15) is 6.33 Å². The van der Waals surface area contributed by atoms with Gasteiger partial charge in [0.25, 0.3) is 0 Å². The van der Waals surface area contributed by atoms with E-state index in [0.29, 0.717) is 6.54 Å². The molecular weight excluding hydrogens is 190 g/mol. The van der Waals surface area contributed by atoms with Crippen LogP contribution in [0.25, 0.3) is 0 Å². The fraction of sp³-hybridized carbons (Fsp3) is 0.636. The Labute approximate surface area is 89.6 Å². The molecule has 1 aromatic rings. The van der Waals surface area contributed by atoms with Crippen LogP contribution in [0.4, 0.5) is 0 Å². The molecule has 0 bridgehead atoms. The van der Waals surface area contributed by atoms with E-state index in [9.17, 15) is 5.11 Å². The van der Waals surface area contributed by atoms with Crippen molar-refractivity contribution in [2.45, 2.75) is 37.2 Å². The average molecular weight is 207 g/mol. The van der Waals surface area contributed by atoms with Crippen molar-refractivity contribution in [3.05, 3.63) is 24.3 Å². The summed E-state index contributed by atoms with van der Waals surface area (Å²) >= 11 is 0. The second-order valence-corrected chi connectivity index (χ2v) is 4.34. The van der Waals surface area contributed by atoms with Gasteiger partial charge in [-0.3, -0.25) is 0 Å². The summed E-state index contributed by atoms with van der Waals surface area (Å²) in [4.78, 5) is 8.09. The molecule has 0 atom stereocenters. The number of nitrogens with two attached hydrogens (primary N) is 1. The molecule has 4 nitrogen and oxygen atoms in total. The zero-order valence-corrected chi connectivity index (χ0v) is 8.76. The van der Waals surface area contributed by atoms with Crippen LogP contribution in [0.1, 0.15) is 31.2 Å². The molecule has 1 aromatic heterocycles. The van der Waals surface area contributed by atoms with Gasteiger partial charge < -0.3 is 10.8 Å². The van der Waals surface area contributed by atoms with Crippen LogP contribution < -0.4 is 5.73 Å². The minimum absolute atomic E-state index is 0.0134. The van der Waals surface area contributed by atoms with Crippen molar-refractivity contribution >= 4 is 0 Å². The highest BCUT2D eigenvalue weighted by Gasteiger charge is 2.35. The van der Waals surface area contributed by atoms with Crippen molar-refractivity contribution in [1.82, 2.24) is 9.97 Å². The van der Waals surface area contributed by atoms with E-state index >= 15 is 0 Å². The molecule has 0 saturated heterocycles. The third-order valence-corrected chi connectivity index (χ3v) is 3.48. The Bertz CT molecular complexity index is 307. The molecule has 15 heavy (non-hydrogen) atoms. The first-order chi connectivity index (χ1) is 7.27. The van der Waals surface area contributed by atoms with Gasteiger partial charge in [0.15, 0.2) is 0 Å². The van der Waals surface area contributed by atoms with Gasteiger partial charge in [-0.25, -0.2) is 9.97 Å². The lowest BCUT2D eigenvalue weighted by Crippen LogP contribution is -2.40. The molecule has 4 heteroatoms. The van der Waals surface area contributed by atoms with E-state index in [1.165, 1.54) is 6.33 Å². The van der Waals surface area contributed by atoms with Gasteiger partial charge in [-0.05, 0) is 31.2 Å². The monoisotopic (exact) mass is 207 g/mol. The van der Waals surface area contributed by atoms with Crippen LogP contribution in [-0.4, -0.2) is 27.7 Å². The van der Waals surface area contributed by atoms with E-state index in [2.05, 4.69) is 9.97 Å². The van der Waals surface area contributed by atoms with Crippen molar-refractivity contribution in [2.24, 2.45) is 5.73 Å². The van der Waals surface area contributed by atoms with Crippen LogP contribution >= 0.6 is 0 Å². The first-order valence-electron chi connectivity index (χ1n) is 5.40. The average Bonchev–Trinajstić information content (AvgIpc) is 2.32. The topological polar surface area (TPSA) is 72.0 Å². The number of hydrogen-bond acceptors (Lipinski definition) is 4. The largest absolute Gasteiger partial charge is 0.393 e. The second-order valence-electron chi connectivity index (χ2n) is 4.34. The van der Waals surface area contributed by atoms with Crippen LogP contribution in [0.3, 0.4) is 0 Å². The Kier molecular flexibility index (Phi) is 2.98. The molecule has 1 heterocycles. The van der Waals surface area contributed by atoms with E-state index in [-0.39, 0.29) is 11.5 Å². The fourth-order valence-electron chi connectivity index (χ4n) is 2.34. The van der Waals surface area contributed by atoms with Gasteiger partial charge in [0.2, 0.25) is 0 Å². The molecule has 1 fully saturated rings. The maximum absolute atomic E-state index is 9.51. The predicted molar refractivity (Wildman–Crippen MR) is 57.2 cm³/mol. The zero-order valence-electron chi connectivity index (χ0n) is 8.76. The molecule has 0 spiro atoms. The third kappa shape index (κ3) is 2.01. The van der Waals surface area contributed by atoms with Gasteiger partial charge in [0, 0.05) is 24.4 Å². The lowest BCUT2D eigenvalue weighted by molar-refractivity contribution is 0.0972. The van der Waals surface area contributed by atoms with Crippen molar-refractivity contribution in [1.29, 1.82) is 0 Å². The van der Waals surface area contributed by atoms with Crippen molar-refractivity contribution in [3.63, 3.8) is 0 Å². The van der Waals surface area contributed by atoms with E-state index in [1.54, 1.807) is 0 Å². The van der Waals surface area contributed by atoms with Crippen LogP contribution in [0.2, 0.25) is 0 Å². The summed E-state index contributed by atoms with van der Waals surface area (Å²) in [5, 5.41) is 9.51. The highest BCUT2D eigenvalue weighted by molar-refractivity contribution is 5.20. The lowest BCUT2D eigenvalue weighted by Gasteiger charge is -2.37. The number of aliphatic hydroxyl groups excluding tert-OH is 1. The van der Waals surface area contributed by atoms with E-state index in [4.69, 9.17) is 5.73 Å². The standard InChI is InChI=1S/C11H17N3O/c12-7-11(3-1-10(15)2-4-11)9-5-13-8-14-6-9/h5-6,8,10,15H,1-4,7,12H2. The van der Waals surface area contributed by atoms with Crippen LogP contribution in [0.5, 0.6) is 0 Å². The smallest absolute Gasteiger partial charge is 0.115 e. The maximum Gasteiger partial charge on any atom is 0.115 e. The molecule has 1 aliphatic rings. The Balaban J connectivity index is 2.23. The third-order valence-electron chi connectivity index (χ3n) is 3.48. The van der Waals surface area contributed by atoms with Gasteiger partial charge in [-0.2, -0.15) is 0 Å². The van der Waals surface area contributed by atoms with Gasteiger partial charge >= 0.3 is 0 Å². The summed E-state index contributed by atoms with van der Waals surface area (Å²) in [6, 6.07) is 0. The number of rotatable bonds is 2. The molecule has 0 radical (unpaired) electrons. The van der Waals surface area contributed by atoms with Crippen molar-refractivity contribution in [3.8, 4) is 0 Å². The normalized spacial score (nSPS) is 31.5. The summed E-state index contributed by atoms with van der Waals surface area (Å²) in [5.41, 5.74) is 6.98. The summed E-state index contributed by atoms with van der Waals surface area (Å²) < 4.78 is 0.